The minimum absolute atomic E-state index is 0.0162. The van der Waals surface area contributed by atoms with Gasteiger partial charge in [-0.05, 0) is 39.5 Å². The van der Waals surface area contributed by atoms with Crippen LogP contribution >= 0.6 is 0 Å². The first-order valence-electron chi connectivity index (χ1n) is 8.82. The van der Waals surface area contributed by atoms with Gasteiger partial charge in [0, 0.05) is 5.41 Å². The van der Waals surface area contributed by atoms with E-state index in [1.165, 1.54) is 0 Å². The number of carbonyl (C=O) groups excluding carboxylic acids is 2. The lowest BCUT2D eigenvalue weighted by molar-refractivity contribution is -0.162. The van der Waals surface area contributed by atoms with E-state index in [4.69, 9.17) is 18.4 Å². The van der Waals surface area contributed by atoms with Crippen molar-refractivity contribution >= 4 is 22.1 Å². The SMILES string of the molecule is CC(C)(C)C(=O)OCCOC(=O)COC1C2CC3C(C)(C2)C1OS3(=O)=O. The highest BCUT2D eigenvalue weighted by Gasteiger charge is 2.71. The highest BCUT2D eigenvalue weighted by atomic mass is 32.2. The maximum atomic E-state index is 12.1. The second-order valence-electron chi connectivity index (χ2n) is 8.59. The molecule has 5 unspecified atom stereocenters. The van der Waals surface area contributed by atoms with Crippen molar-refractivity contribution in [3.63, 3.8) is 0 Å². The molecule has 8 nitrogen and oxygen atoms in total. The Hall–Kier alpha value is -1.19. The summed E-state index contributed by atoms with van der Waals surface area (Å²) in [6, 6.07) is 0. The first-order valence-corrected chi connectivity index (χ1v) is 10.3. The third-order valence-corrected chi connectivity index (χ3v) is 7.44. The number of fused-ring (bicyclic) bond motifs is 1. The summed E-state index contributed by atoms with van der Waals surface area (Å²) in [5.41, 5.74) is -1.04. The van der Waals surface area contributed by atoms with E-state index in [-0.39, 0.29) is 31.7 Å². The van der Waals surface area contributed by atoms with Gasteiger partial charge in [-0.15, -0.1) is 0 Å². The summed E-state index contributed by atoms with van der Waals surface area (Å²) in [7, 11) is -3.54. The molecule has 26 heavy (non-hydrogen) atoms. The van der Waals surface area contributed by atoms with E-state index < -0.39 is 44.4 Å². The van der Waals surface area contributed by atoms with Crippen LogP contribution in [0.5, 0.6) is 0 Å². The van der Waals surface area contributed by atoms with E-state index >= 15 is 0 Å². The van der Waals surface area contributed by atoms with Crippen molar-refractivity contribution in [3.05, 3.63) is 0 Å². The lowest BCUT2D eigenvalue weighted by Gasteiger charge is -2.30. The number of hydrogen-bond acceptors (Lipinski definition) is 8. The van der Waals surface area contributed by atoms with Crippen molar-refractivity contribution in [2.75, 3.05) is 19.8 Å². The number of esters is 2. The van der Waals surface area contributed by atoms with Crippen LogP contribution in [-0.2, 0) is 38.1 Å². The zero-order valence-electron chi connectivity index (χ0n) is 15.5. The van der Waals surface area contributed by atoms with Gasteiger partial charge < -0.3 is 14.2 Å². The lowest BCUT2D eigenvalue weighted by atomic mass is 9.82. The van der Waals surface area contributed by atoms with Crippen LogP contribution in [0.15, 0.2) is 0 Å². The molecule has 1 saturated heterocycles. The summed E-state index contributed by atoms with van der Waals surface area (Å²) in [4.78, 5) is 23.4. The second-order valence-corrected chi connectivity index (χ2v) is 10.3. The van der Waals surface area contributed by atoms with E-state index in [0.717, 1.165) is 6.42 Å². The largest absolute Gasteiger partial charge is 0.462 e. The van der Waals surface area contributed by atoms with Crippen LogP contribution in [0, 0.1) is 16.7 Å². The van der Waals surface area contributed by atoms with Crippen LogP contribution in [0.1, 0.15) is 40.5 Å². The van der Waals surface area contributed by atoms with Crippen molar-refractivity contribution < 1.29 is 36.4 Å². The third-order valence-electron chi connectivity index (χ3n) is 5.54. The number of ether oxygens (including phenoxy) is 3. The molecule has 148 valence electrons. The quantitative estimate of drug-likeness (QED) is 0.376. The molecule has 0 N–H and O–H groups in total. The number of carbonyl (C=O) groups is 2. The zero-order valence-corrected chi connectivity index (χ0v) is 16.3. The fourth-order valence-corrected chi connectivity index (χ4v) is 6.38. The van der Waals surface area contributed by atoms with Gasteiger partial charge in [-0.1, -0.05) is 6.92 Å². The zero-order chi connectivity index (χ0) is 19.3. The van der Waals surface area contributed by atoms with Crippen molar-refractivity contribution in [3.8, 4) is 0 Å². The van der Waals surface area contributed by atoms with Crippen LogP contribution in [0.25, 0.3) is 0 Å². The Morgan fingerprint density at radius 1 is 1.19 bits per heavy atom. The summed E-state index contributed by atoms with van der Waals surface area (Å²) in [6.07, 6.45) is 0.290. The number of rotatable bonds is 6. The average molecular weight is 390 g/mol. The van der Waals surface area contributed by atoms with Gasteiger partial charge in [0.2, 0.25) is 0 Å². The Morgan fingerprint density at radius 2 is 1.85 bits per heavy atom. The minimum atomic E-state index is -3.54. The van der Waals surface area contributed by atoms with Gasteiger partial charge >= 0.3 is 11.9 Å². The van der Waals surface area contributed by atoms with Gasteiger partial charge in [0.1, 0.15) is 25.9 Å². The van der Waals surface area contributed by atoms with Gasteiger partial charge in [0.05, 0.1) is 16.8 Å². The summed E-state index contributed by atoms with van der Waals surface area (Å²) in [5, 5.41) is -0.464. The molecule has 2 bridgehead atoms. The van der Waals surface area contributed by atoms with Crippen LogP contribution in [0.4, 0.5) is 0 Å². The molecule has 1 aliphatic heterocycles. The van der Waals surface area contributed by atoms with E-state index in [2.05, 4.69) is 0 Å². The van der Waals surface area contributed by atoms with Gasteiger partial charge in [0.25, 0.3) is 10.1 Å². The van der Waals surface area contributed by atoms with E-state index in [0.29, 0.717) is 6.42 Å². The summed E-state index contributed by atoms with van der Waals surface area (Å²) >= 11 is 0. The smallest absolute Gasteiger partial charge is 0.332 e. The molecular formula is C17H26O8S. The Bertz CT molecular complexity index is 694. The Balaban J connectivity index is 1.42. The lowest BCUT2D eigenvalue weighted by Crippen LogP contribution is -2.42. The van der Waals surface area contributed by atoms with Crippen molar-refractivity contribution in [1.29, 1.82) is 0 Å². The molecule has 0 amide bonds. The minimum Gasteiger partial charge on any atom is -0.462 e. The molecule has 0 aromatic carbocycles. The molecule has 2 aliphatic carbocycles. The average Bonchev–Trinajstić information content (AvgIpc) is 3.02. The molecule has 0 aromatic rings. The molecule has 2 saturated carbocycles. The van der Waals surface area contributed by atoms with Crippen LogP contribution in [0.3, 0.4) is 0 Å². The van der Waals surface area contributed by atoms with Gasteiger partial charge in [-0.3, -0.25) is 8.98 Å². The second kappa shape index (κ2) is 6.45. The molecule has 5 atom stereocenters. The summed E-state index contributed by atoms with van der Waals surface area (Å²) in [6.45, 7) is 6.78. The Morgan fingerprint density at radius 3 is 2.50 bits per heavy atom. The Kier molecular flexibility index (Phi) is 4.86. The van der Waals surface area contributed by atoms with Gasteiger partial charge in [0.15, 0.2) is 0 Å². The molecule has 0 aromatic heterocycles. The molecule has 1 heterocycles. The highest BCUT2D eigenvalue weighted by molar-refractivity contribution is 7.87. The third kappa shape index (κ3) is 3.36. The predicted molar refractivity (Wildman–Crippen MR) is 89.5 cm³/mol. The Labute approximate surface area is 153 Å². The van der Waals surface area contributed by atoms with Crippen molar-refractivity contribution in [1.82, 2.24) is 0 Å². The maximum absolute atomic E-state index is 12.1. The van der Waals surface area contributed by atoms with E-state index in [1.807, 2.05) is 6.92 Å². The van der Waals surface area contributed by atoms with Gasteiger partial charge in [-0.2, -0.15) is 8.42 Å². The van der Waals surface area contributed by atoms with E-state index in [1.54, 1.807) is 20.8 Å². The standard InChI is InChI=1S/C17H26O8S/c1-16(2,3)15(19)23-6-5-22-12(18)9-24-13-10-7-11-17(4,8-10)14(13)25-26(11,20)21/h10-11,13-14H,5-9H2,1-4H3. The molecule has 0 spiro atoms. The molecule has 9 heteroatoms. The molecule has 3 rings (SSSR count). The first kappa shape index (κ1) is 19.6. The van der Waals surface area contributed by atoms with Crippen LogP contribution in [-0.4, -0.2) is 57.6 Å². The first-order chi connectivity index (χ1) is 11.9. The van der Waals surface area contributed by atoms with Gasteiger partial charge in [-0.25, -0.2) is 4.79 Å². The number of hydrogen-bond donors (Lipinski definition) is 0. The molecule has 0 radical (unpaired) electrons. The topological polar surface area (TPSA) is 105 Å². The summed E-state index contributed by atoms with van der Waals surface area (Å²) < 4.78 is 45.0. The summed E-state index contributed by atoms with van der Waals surface area (Å²) in [5.74, 6) is -0.871. The fourth-order valence-electron chi connectivity index (χ4n) is 4.26. The molecular weight excluding hydrogens is 364 g/mol. The highest BCUT2D eigenvalue weighted by Crippen LogP contribution is 2.62. The normalized spacial score (nSPS) is 36.9. The maximum Gasteiger partial charge on any atom is 0.332 e. The van der Waals surface area contributed by atoms with Crippen molar-refractivity contribution in [2.45, 2.75) is 58.0 Å². The van der Waals surface area contributed by atoms with Crippen LogP contribution < -0.4 is 0 Å². The molecule has 3 aliphatic rings. The predicted octanol–water partition coefficient (Wildman–Crippen LogP) is 1.03. The monoisotopic (exact) mass is 390 g/mol. The fraction of sp³-hybridized carbons (Fsp3) is 0.882. The van der Waals surface area contributed by atoms with Crippen molar-refractivity contribution in [2.24, 2.45) is 16.7 Å². The van der Waals surface area contributed by atoms with E-state index in [9.17, 15) is 18.0 Å². The molecule has 3 fully saturated rings. The van der Waals surface area contributed by atoms with Crippen LogP contribution in [0.2, 0.25) is 0 Å².